The Labute approximate surface area is 108 Å². The molecule has 0 aliphatic carbocycles. The molecule has 0 unspecified atom stereocenters. The van der Waals surface area contributed by atoms with Crippen LogP contribution in [0.5, 0.6) is 6.01 Å². The van der Waals surface area contributed by atoms with Gasteiger partial charge in [0.15, 0.2) is 0 Å². The molecule has 0 amide bonds. The van der Waals surface area contributed by atoms with Crippen LogP contribution in [0.4, 0.5) is 0 Å². The molecule has 1 N–H and O–H groups in total. The number of aliphatic carboxylic acids is 1. The molecule has 1 heterocycles. The molecule has 1 aromatic rings. The van der Waals surface area contributed by atoms with Gasteiger partial charge in [0.1, 0.15) is 12.0 Å². The summed E-state index contributed by atoms with van der Waals surface area (Å²) >= 11 is 3.21. The van der Waals surface area contributed by atoms with E-state index < -0.39 is 11.4 Å². The molecule has 94 valence electrons. The Morgan fingerprint density at radius 2 is 1.94 bits per heavy atom. The van der Waals surface area contributed by atoms with Gasteiger partial charge in [0, 0.05) is 12.4 Å². The summed E-state index contributed by atoms with van der Waals surface area (Å²) in [6, 6.07) is 0.195. The summed E-state index contributed by atoms with van der Waals surface area (Å²) < 4.78 is 6.10. The maximum absolute atomic E-state index is 11.2. The van der Waals surface area contributed by atoms with Gasteiger partial charge in [-0.1, -0.05) is 13.8 Å². The number of ether oxygens (including phenoxy) is 1. The van der Waals surface area contributed by atoms with Crippen LogP contribution in [0.1, 0.15) is 26.7 Å². The van der Waals surface area contributed by atoms with E-state index in [4.69, 9.17) is 4.74 Å². The number of carboxylic acids is 1. The largest absolute Gasteiger partial charge is 0.481 e. The van der Waals surface area contributed by atoms with Gasteiger partial charge in [-0.05, 0) is 28.8 Å². The molecule has 0 saturated heterocycles. The number of halogens is 1. The first kappa shape index (κ1) is 13.9. The lowest BCUT2D eigenvalue weighted by Gasteiger charge is -2.25. The van der Waals surface area contributed by atoms with Crippen molar-refractivity contribution in [2.45, 2.75) is 26.7 Å². The van der Waals surface area contributed by atoms with E-state index >= 15 is 0 Å². The SMILES string of the molecule is CCC(CC)(COc1ncc(Br)cn1)C(=O)O. The first-order chi connectivity index (χ1) is 8.04. The zero-order valence-electron chi connectivity index (χ0n) is 9.81. The van der Waals surface area contributed by atoms with E-state index in [1.165, 1.54) is 0 Å². The number of aromatic nitrogens is 2. The second-order valence-electron chi connectivity index (χ2n) is 3.77. The minimum absolute atomic E-state index is 0.0803. The fourth-order valence-electron chi connectivity index (χ4n) is 1.40. The topological polar surface area (TPSA) is 72.3 Å². The highest BCUT2D eigenvalue weighted by atomic mass is 79.9. The fourth-order valence-corrected chi connectivity index (χ4v) is 1.60. The fraction of sp³-hybridized carbons (Fsp3) is 0.545. The van der Waals surface area contributed by atoms with Crippen LogP contribution in [-0.2, 0) is 4.79 Å². The quantitative estimate of drug-likeness (QED) is 0.874. The predicted molar refractivity (Wildman–Crippen MR) is 65.9 cm³/mol. The second-order valence-corrected chi connectivity index (χ2v) is 4.68. The summed E-state index contributed by atoms with van der Waals surface area (Å²) in [5.41, 5.74) is -0.865. The van der Waals surface area contributed by atoms with E-state index in [9.17, 15) is 9.90 Å². The number of carbonyl (C=O) groups is 1. The van der Waals surface area contributed by atoms with Gasteiger partial charge in [0.05, 0.1) is 4.47 Å². The number of carboxylic acid groups (broad SMARTS) is 1. The molecule has 0 aliphatic rings. The Hall–Kier alpha value is -1.17. The summed E-state index contributed by atoms with van der Waals surface area (Å²) in [6.45, 7) is 3.75. The van der Waals surface area contributed by atoms with Crippen molar-refractivity contribution in [2.75, 3.05) is 6.61 Å². The molecule has 0 aromatic carbocycles. The highest BCUT2D eigenvalue weighted by Gasteiger charge is 2.36. The zero-order valence-corrected chi connectivity index (χ0v) is 11.4. The lowest BCUT2D eigenvalue weighted by Crippen LogP contribution is -2.36. The Balaban J connectivity index is 2.70. The van der Waals surface area contributed by atoms with Crippen LogP contribution < -0.4 is 4.74 Å². The lowest BCUT2D eigenvalue weighted by molar-refractivity contribution is -0.151. The van der Waals surface area contributed by atoms with Crippen molar-refractivity contribution in [1.82, 2.24) is 9.97 Å². The molecule has 0 fully saturated rings. The first-order valence-electron chi connectivity index (χ1n) is 5.38. The van der Waals surface area contributed by atoms with Gasteiger partial charge >= 0.3 is 12.0 Å². The van der Waals surface area contributed by atoms with Crippen LogP contribution in [-0.4, -0.2) is 27.7 Å². The molecule has 0 bridgehead atoms. The van der Waals surface area contributed by atoms with Crippen LogP contribution in [0, 0.1) is 5.41 Å². The summed E-state index contributed by atoms with van der Waals surface area (Å²) in [7, 11) is 0. The van der Waals surface area contributed by atoms with Crippen molar-refractivity contribution in [2.24, 2.45) is 5.41 Å². The smallest absolute Gasteiger partial charge is 0.316 e. The molecular formula is C11H15BrN2O3. The maximum Gasteiger partial charge on any atom is 0.316 e. The second kappa shape index (κ2) is 5.95. The van der Waals surface area contributed by atoms with Crippen LogP contribution in [0.3, 0.4) is 0 Å². The van der Waals surface area contributed by atoms with Crippen molar-refractivity contribution < 1.29 is 14.6 Å². The molecule has 0 aliphatic heterocycles. The van der Waals surface area contributed by atoms with Crippen molar-refractivity contribution in [1.29, 1.82) is 0 Å². The monoisotopic (exact) mass is 302 g/mol. The van der Waals surface area contributed by atoms with Gasteiger partial charge in [0.25, 0.3) is 0 Å². The molecular weight excluding hydrogens is 288 g/mol. The number of hydrogen-bond donors (Lipinski definition) is 1. The normalized spacial score (nSPS) is 11.2. The summed E-state index contributed by atoms with van der Waals surface area (Å²) in [6.07, 6.45) is 4.13. The third-order valence-electron chi connectivity index (χ3n) is 2.88. The van der Waals surface area contributed by atoms with Gasteiger partial charge in [-0.15, -0.1) is 0 Å². The maximum atomic E-state index is 11.2. The molecule has 0 spiro atoms. The highest BCUT2D eigenvalue weighted by molar-refractivity contribution is 9.10. The minimum atomic E-state index is -0.865. The molecule has 6 heteroatoms. The van der Waals surface area contributed by atoms with Crippen LogP contribution >= 0.6 is 15.9 Å². The minimum Gasteiger partial charge on any atom is -0.481 e. The highest BCUT2D eigenvalue weighted by Crippen LogP contribution is 2.27. The first-order valence-corrected chi connectivity index (χ1v) is 6.17. The number of nitrogens with zero attached hydrogens (tertiary/aromatic N) is 2. The molecule has 0 radical (unpaired) electrons. The van der Waals surface area contributed by atoms with Crippen molar-refractivity contribution >= 4 is 21.9 Å². The Bertz CT molecular complexity index is 377. The molecule has 17 heavy (non-hydrogen) atoms. The Morgan fingerprint density at radius 3 is 2.35 bits per heavy atom. The molecule has 0 saturated carbocycles. The van der Waals surface area contributed by atoms with Crippen LogP contribution in [0.15, 0.2) is 16.9 Å². The standard InChI is InChI=1S/C11H15BrN2O3/c1-3-11(4-2,9(15)16)7-17-10-13-5-8(12)6-14-10/h5-6H,3-4,7H2,1-2H3,(H,15,16). The number of hydrogen-bond acceptors (Lipinski definition) is 4. The zero-order chi connectivity index (χ0) is 12.9. The van der Waals surface area contributed by atoms with Gasteiger partial charge in [-0.2, -0.15) is 0 Å². The summed E-state index contributed by atoms with van der Waals surface area (Å²) in [4.78, 5) is 19.1. The van der Waals surface area contributed by atoms with E-state index in [-0.39, 0.29) is 12.6 Å². The summed E-state index contributed by atoms with van der Waals surface area (Å²) in [5.74, 6) is -0.848. The average molecular weight is 303 g/mol. The van der Waals surface area contributed by atoms with E-state index in [0.717, 1.165) is 4.47 Å². The average Bonchev–Trinajstić information content (AvgIpc) is 2.33. The van der Waals surface area contributed by atoms with Crippen LogP contribution in [0.25, 0.3) is 0 Å². The molecule has 1 rings (SSSR count). The van der Waals surface area contributed by atoms with E-state index in [1.807, 2.05) is 13.8 Å². The predicted octanol–water partition coefficient (Wildman–Crippen LogP) is 2.51. The van der Waals surface area contributed by atoms with Crippen molar-refractivity contribution in [3.8, 4) is 6.01 Å². The van der Waals surface area contributed by atoms with Gasteiger partial charge in [-0.25, -0.2) is 9.97 Å². The third kappa shape index (κ3) is 3.39. The summed E-state index contributed by atoms with van der Waals surface area (Å²) in [5, 5.41) is 9.22. The van der Waals surface area contributed by atoms with Crippen LogP contribution in [0.2, 0.25) is 0 Å². The van der Waals surface area contributed by atoms with E-state index in [0.29, 0.717) is 12.8 Å². The third-order valence-corrected chi connectivity index (χ3v) is 3.29. The Kier molecular flexibility index (Phi) is 4.86. The number of rotatable bonds is 6. The van der Waals surface area contributed by atoms with E-state index in [1.54, 1.807) is 12.4 Å². The molecule has 1 aromatic heterocycles. The van der Waals surface area contributed by atoms with Crippen molar-refractivity contribution in [3.63, 3.8) is 0 Å². The molecule has 0 atom stereocenters. The van der Waals surface area contributed by atoms with Gasteiger partial charge in [0.2, 0.25) is 0 Å². The van der Waals surface area contributed by atoms with Gasteiger partial charge < -0.3 is 9.84 Å². The Morgan fingerprint density at radius 1 is 1.41 bits per heavy atom. The van der Waals surface area contributed by atoms with E-state index in [2.05, 4.69) is 25.9 Å². The van der Waals surface area contributed by atoms with Gasteiger partial charge in [-0.3, -0.25) is 4.79 Å². The lowest BCUT2D eigenvalue weighted by atomic mass is 9.83. The van der Waals surface area contributed by atoms with Crippen molar-refractivity contribution in [3.05, 3.63) is 16.9 Å². The molecule has 5 nitrogen and oxygen atoms in total.